The molecular formula is C13H21NOS. The van der Waals surface area contributed by atoms with E-state index < -0.39 is 0 Å². The molecular weight excluding hydrogens is 218 g/mol. The number of hydrogen-bond acceptors (Lipinski definition) is 3. The van der Waals surface area contributed by atoms with Crippen molar-refractivity contribution < 1.29 is 4.74 Å². The van der Waals surface area contributed by atoms with Gasteiger partial charge in [-0.1, -0.05) is 0 Å². The van der Waals surface area contributed by atoms with Crippen molar-refractivity contribution >= 4 is 11.3 Å². The van der Waals surface area contributed by atoms with Gasteiger partial charge < -0.3 is 10.1 Å². The van der Waals surface area contributed by atoms with E-state index in [-0.39, 0.29) is 0 Å². The van der Waals surface area contributed by atoms with Gasteiger partial charge in [0.15, 0.2) is 0 Å². The Labute approximate surface area is 102 Å². The highest BCUT2D eigenvalue weighted by Gasteiger charge is 2.18. The Hall–Kier alpha value is -0.380. The molecule has 0 bridgehead atoms. The number of rotatable bonds is 5. The predicted octanol–water partition coefficient (Wildman–Crippen LogP) is 2.92. The van der Waals surface area contributed by atoms with Crippen LogP contribution < -0.4 is 5.32 Å². The zero-order valence-corrected chi connectivity index (χ0v) is 11.2. The van der Waals surface area contributed by atoms with Gasteiger partial charge in [-0.05, 0) is 44.7 Å². The molecule has 0 saturated carbocycles. The normalized spacial score (nSPS) is 18.4. The van der Waals surface area contributed by atoms with Crippen LogP contribution in [0.2, 0.25) is 0 Å². The molecule has 1 N–H and O–H groups in total. The van der Waals surface area contributed by atoms with Crippen molar-refractivity contribution in [2.75, 3.05) is 13.7 Å². The van der Waals surface area contributed by atoms with Crippen LogP contribution in [0.15, 0.2) is 6.07 Å². The van der Waals surface area contributed by atoms with E-state index in [9.17, 15) is 0 Å². The quantitative estimate of drug-likeness (QED) is 0.853. The summed E-state index contributed by atoms with van der Waals surface area (Å²) in [5, 5.41) is 3.57. The van der Waals surface area contributed by atoms with Gasteiger partial charge in [-0.15, -0.1) is 11.3 Å². The molecule has 0 spiro atoms. The molecule has 0 aliphatic heterocycles. The van der Waals surface area contributed by atoms with Crippen LogP contribution in [-0.2, 0) is 17.6 Å². The summed E-state index contributed by atoms with van der Waals surface area (Å²) in [4.78, 5) is 3.09. The number of hydrogen-bond donors (Lipinski definition) is 1. The molecule has 0 aromatic carbocycles. The zero-order chi connectivity index (χ0) is 11.5. The molecule has 1 aromatic heterocycles. The zero-order valence-electron chi connectivity index (χ0n) is 10.4. The molecule has 0 amide bonds. The van der Waals surface area contributed by atoms with Gasteiger partial charge in [0.2, 0.25) is 0 Å². The van der Waals surface area contributed by atoms with Crippen molar-refractivity contribution in [2.45, 2.75) is 45.2 Å². The van der Waals surface area contributed by atoms with Crippen LogP contribution >= 0.6 is 11.3 Å². The minimum Gasteiger partial charge on any atom is -0.383 e. The van der Waals surface area contributed by atoms with Crippen molar-refractivity contribution in [3.8, 4) is 0 Å². The highest BCUT2D eigenvalue weighted by atomic mass is 32.1. The largest absolute Gasteiger partial charge is 0.383 e. The van der Waals surface area contributed by atoms with Crippen LogP contribution in [0.3, 0.4) is 0 Å². The van der Waals surface area contributed by atoms with Gasteiger partial charge in [0.25, 0.3) is 0 Å². The summed E-state index contributed by atoms with van der Waals surface area (Å²) < 4.78 is 5.14. The maximum absolute atomic E-state index is 5.14. The highest BCUT2D eigenvalue weighted by molar-refractivity contribution is 7.12. The van der Waals surface area contributed by atoms with E-state index in [0.717, 1.165) is 6.61 Å². The summed E-state index contributed by atoms with van der Waals surface area (Å²) >= 11 is 1.99. The van der Waals surface area contributed by atoms with E-state index in [1.807, 2.05) is 11.3 Å². The van der Waals surface area contributed by atoms with Crippen LogP contribution in [0.25, 0.3) is 0 Å². The standard InChI is InChI=1S/C13H21NOS/c1-9(8-15-3)14-10(2)13-7-11-5-4-6-12(11)16-13/h7,9-10,14H,4-6,8H2,1-3H3. The van der Waals surface area contributed by atoms with Crippen LogP contribution in [-0.4, -0.2) is 19.8 Å². The molecule has 1 heterocycles. The van der Waals surface area contributed by atoms with Crippen LogP contribution in [0.1, 0.15) is 41.6 Å². The van der Waals surface area contributed by atoms with Gasteiger partial charge >= 0.3 is 0 Å². The number of ether oxygens (including phenoxy) is 1. The first-order valence-electron chi connectivity index (χ1n) is 6.07. The topological polar surface area (TPSA) is 21.3 Å². The Balaban J connectivity index is 1.95. The van der Waals surface area contributed by atoms with Crippen molar-refractivity contribution in [1.29, 1.82) is 0 Å². The Morgan fingerprint density at radius 1 is 1.44 bits per heavy atom. The second-order valence-electron chi connectivity index (χ2n) is 4.70. The minimum absolute atomic E-state index is 0.414. The number of fused-ring (bicyclic) bond motifs is 1. The van der Waals surface area contributed by atoms with Crippen molar-refractivity contribution in [1.82, 2.24) is 5.32 Å². The second kappa shape index (κ2) is 5.30. The van der Waals surface area contributed by atoms with Gasteiger partial charge in [-0.3, -0.25) is 0 Å². The fourth-order valence-corrected chi connectivity index (χ4v) is 3.64. The third kappa shape index (κ3) is 2.65. The van der Waals surface area contributed by atoms with Crippen molar-refractivity contribution in [3.05, 3.63) is 21.4 Å². The number of thiophene rings is 1. The van der Waals surface area contributed by atoms with Crippen LogP contribution in [0.4, 0.5) is 0 Å². The maximum atomic E-state index is 5.14. The van der Waals surface area contributed by atoms with E-state index in [2.05, 4.69) is 25.2 Å². The Morgan fingerprint density at radius 3 is 2.94 bits per heavy atom. The van der Waals surface area contributed by atoms with Gasteiger partial charge in [0, 0.05) is 28.9 Å². The van der Waals surface area contributed by atoms with Crippen molar-refractivity contribution in [2.24, 2.45) is 0 Å². The lowest BCUT2D eigenvalue weighted by atomic mass is 10.2. The number of nitrogens with one attached hydrogen (secondary N) is 1. The maximum Gasteiger partial charge on any atom is 0.0613 e. The fourth-order valence-electron chi connectivity index (χ4n) is 2.37. The average molecular weight is 239 g/mol. The molecule has 3 heteroatoms. The first-order chi connectivity index (χ1) is 7.70. The first kappa shape index (κ1) is 12.1. The predicted molar refractivity (Wildman–Crippen MR) is 69.2 cm³/mol. The van der Waals surface area contributed by atoms with Crippen LogP contribution in [0.5, 0.6) is 0 Å². The number of aryl methyl sites for hydroxylation is 2. The first-order valence-corrected chi connectivity index (χ1v) is 6.89. The molecule has 0 radical (unpaired) electrons. The molecule has 1 aliphatic carbocycles. The van der Waals surface area contributed by atoms with E-state index in [0.29, 0.717) is 12.1 Å². The summed E-state index contributed by atoms with van der Waals surface area (Å²) in [5.41, 5.74) is 1.59. The molecule has 2 atom stereocenters. The Kier molecular flexibility index (Phi) is 4.00. The van der Waals surface area contributed by atoms with Gasteiger partial charge in [-0.25, -0.2) is 0 Å². The van der Waals surface area contributed by atoms with Crippen LogP contribution in [0, 0.1) is 0 Å². The van der Waals surface area contributed by atoms with E-state index in [4.69, 9.17) is 4.74 Å². The summed E-state index contributed by atoms with van der Waals surface area (Å²) in [6, 6.07) is 3.25. The molecule has 2 unspecified atom stereocenters. The molecule has 1 aliphatic rings. The fraction of sp³-hybridized carbons (Fsp3) is 0.692. The lowest BCUT2D eigenvalue weighted by Crippen LogP contribution is -2.32. The van der Waals surface area contributed by atoms with E-state index in [1.165, 1.54) is 24.1 Å². The second-order valence-corrected chi connectivity index (χ2v) is 5.86. The van der Waals surface area contributed by atoms with Gasteiger partial charge in [-0.2, -0.15) is 0 Å². The van der Waals surface area contributed by atoms with Gasteiger partial charge in [0.1, 0.15) is 0 Å². The lowest BCUT2D eigenvalue weighted by molar-refractivity contribution is 0.168. The highest BCUT2D eigenvalue weighted by Crippen LogP contribution is 2.33. The summed E-state index contributed by atoms with van der Waals surface area (Å²) in [7, 11) is 1.75. The van der Waals surface area contributed by atoms with E-state index >= 15 is 0 Å². The smallest absolute Gasteiger partial charge is 0.0613 e. The van der Waals surface area contributed by atoms with E-state index in [1.54, 1.807) is 17.6 Å². The Morgan fingerprint density at radius 2 is 2.25 bits per heavy atom. The molecule has 1 aromatic rings. The molecule has 2 rings (SSSR count). The van der Waals surface area contributed by atoms with Crippen molar-refractivity contribution in [3.63, 3.8) is 0 Å². The third-order valence-electron chi connectivity index (χ3n) is 3.14. The molecule has 2 nitrogen and oxygen atoms in total. The molecule has 16 heavy (non-hydrogen) atoms. The summed E-state index contributed by atoms with van der Waals surface area (Å²) in [6.45, 7) is 5.18. The monoisotopic (exact) mass is 239 g/mol. The number of methoxy groups -OCH3 is 1. The van der Waals surface area contributed by atoms with Gasteiger partial charge in [0.05, 0.1) is 6.61 Å². The molecule has 0 fully saturated rings. The summed E-state index contributed by atoms with van der Waals surface area (Å²) in [6.07, 6.45) is 3.93. The SMILES string of the molecule is COCC(C)NC(C)c1cc2c(s1)CCC2. The third-order valence-corrected chi connectivity index (χ3v) is 4.56. The molecule has 0 saturated heterocycles. The minimum atomic E-state index is 0.414. The molecule has 90 valence electrons. The lowest BCUT2D eigenvalue weighted by Gasteiger charge is -2.18. The summed E-state index contributed by atoms with van der Waals surface area (Å²) in [5.74, 6) is 0. The Bertz CT molecular complexity index is 326. The average Bonchev–Trinajstić information content (AvgIpc) is 2.76.